The van der Waals surface area contributed by atoms with Crippen molar-refractivity contribution >= 4 is 53.3 Å². The lowest BCUT2D eigenvalue weighted by molar-refractivity contribution is 0.600. The minimum Gasteiger partial charge on any atom is -0.397 e. The van der Waals surface area contributed by atoms with E-state index >= 15 is 0 Å². The first-order chi connectivity index (χ1) is 9.31. The van der Waals surface area contributed by atoms with Gasteiger partial charge in [0.1, 0.15) is 0 Å². The number of halogens is 2. The summed E-state index contributed by atoms with van der Waals surface area (Å²) < 4.78 is 28.7. The van der Waals surface area contributed by atoms with Crippen LogP contribution in [0, 0.1) is 6.92 Å². The van der Waals surface area contributed by atoms with Crippen LogP contribution in [0.1, 0.15) is 5.56 Å². The van der Waals surface area contributed by atoms with E-state index < -0.39 is 10.0 Å². The van der Waals surface area contributed by atoms with Gasteiger partial charge in [-0.15, -0.1) is 0 Å². The Labute approximate surface area is 134 Å². The number of nitrogens with one attached hydrogen (secondary N) is 1. The number of nitrogen functional groups attached to an aromatic ring is 1. The highest BCUT2D eigenvalue weighted by atomic mass is 79.9. The number of benzene rings is 2. The zero-order valence-electron chi connectivity index (χ0n) is 10.5. The Balaban J connectivity index is 2.47. The maximum absolute atomic E-state index is 12.4. The molecule has 0 aliphatic heterocycles. The molecule has 0 aliphatic carbocycles. The molecule has 106 valence electrons. The molecule has 3 N–H and O–H groups in total. The van der Waals surface area contributed by atoms with E-state index in [9.17, 15) is 8.42 Å². The van der Waals surface area contributed by atoms with Gasteiger partial charge in [0.05, 0.1) is 16.3 Å². The molecule has 0 spiro atoms. The van der Waals surface area contributed by atoms with Crippen molar-refractivity contribution in [3.8, 4) is 0 Å². The van der Waals surface area contributed by atoms with E-state index in [-0.39, 0.29) is 4.90 Å². The van der Waals surface area contributed by atoms with Gasteiger partial charge in [0.25, 0.3) is 10.0 Å². The van der Waals surface area contributed by atoms with E-state index in [1.54, 1.807) is 43.3 Å². The highest BCUT2D eigenvalue weighted by molar-refractivity contribution is 9.11. The summed E-state index contributed by atoms with van der Waals surface area (Å²) >= 11 is 6.60. The summed E-state index contributed by atoms with van der Waals surface area (Å²) in [6.45, 7) is 1.74. The van der Waals surface area contributed by atoms with Gasteiger partial charge in [-0.05, 0) is 46.6 Å². The van der Waals surface area contributed by atoms with E-state index in [0.717, 1.165) is 4.47 Å². The van der Waals surface area contributed by atoms with E-state index in [4.69, 9.17) is 5.73 Å². The van der Waals surface area contributed by atoms with Crippen LogP contribution in [0.3, 0.4) is 0 Å². The molecular weight excluding hydrogens is 408 g/mol. The number of rotatable bonds is 3. The molecule has 4 nitrogen and oxygen atoms in total. The summed E-state index contributed by atoms with van der Waals surface area (Å²) in [6, 6.07) is 10.1. The molecule has 0 saturated carbocycles. The molecular formula is C13H12Br2N2O2S. The van der Waals surface area contributed by atoms with Crippen LogP contribution >= 0.6 is 31.9 Å². The van der Waals surface area contributed by atoms with E-state index in [0.29, 0.717) is 21.4 Å². The Kier molecular flexibility index (Phi) is 4.41. The average Bonchev–Trinajstić information content (AvgIpc) is 2.34. The highest BCUT2D eigenvalue weighted by Crippen LogP contribution is 2.34. The lowest BCUT2D eigenvalue weighted by Gasteiger charge is -2.14. The lowest BCUT2D eigenvalue weighted by Crippen LogP contribution is -2.15. The topological polar surface area (TPSA) is 72.2 Å². The largest absolute Gasteiger partial charge is 0.397 e. The summed E-state index contributed by atoms with van der Waals surface area (Å²) in [7, 11) is -3.68. The monoisotopic (exact) mass is 418 g/mol. The van der Waals surface area contributed by atoms with Crippen LogP contribution in [-0.4, -0.2) is 8.42 Å². The summed E-state index contributed by atoms with van der Waals surface area (Å²) in [5.41, 5.74) is 7.20. The Morgan fingerprint density at radius 1 is 1.15 bits per heavy atom. The molecule has 2 aromatic carbocycles. The molecule has 20 heavy (non-hydrogen) atoms. The number of hydrogen-bond donors (Lipinski definition) is 2. The number of anilines is 2. The third kappa shape index (κ3) is 3.16. The minimum absolute atomic E-state index is 0.231. The quantitative estimate of drug-likeness (QED) is 0.741. The van der Waals surface area contributed by atoms with Crippen molar-refractivity contribution in [3.05, 3.63) is 50.9 Å². The SMILES string of the molecule is Cc1ccccc1S(=O)(=O)Nc1c(N)cc(Br)cc1Br. The third-order valence-electron chi connectivity index (χ3n) is 2.71. The van der Waals surface area contributed by atoms with Gasteiger partial charge < -0.3 is 5.73 Å². The van der Waals surface area contributed by atoms with Crippen LogP contribution in [-0.2, 0) is 10.0 Å². The van der Waals surface area contributed by atoms with Crippen LogP contribution in [0.4, 0.5) is 11.4 Å². The first-order valence-electron chi connectivity index (χ1n) is 5.64. The van der Waals surface area contributed by atoms with Gasteiger partial charge in [-0.1, -0.05) is 34.1 Å². The van der Waals surface area contributed by atoms with Crippen LogP contribution in [0.15, 0.2) is 50.2 Å². The van der Waals surface area contributed by atoms with Crippen molar-refractivity contribution in [2.75, 3.05) is 10.5 Å². The number of nitrogens with two attached hydrogens (primary N) is 1. The zero-order valence-corrected chi connectivity index (χ0v) is 14.5. The smallest absolute Gasteiger partial charge is 0.262 e. The first kappa shape index (κ1) is 15.3. The normalized spacial score (nSPS) is 11.3. The highest BCUT2D eigenvalue weighted by Gasteiger charge is 2.19. The van der Waals surface area contributed by atoms with Crippen molar-refractivity contribution in [2.45, 2.75) is 11.8 Å². The van der Waals surface area contributed by atoms with Crippen LogP contribution in [0.5, 0.6) is 0 Å². The van der Waals surface area contributed by atoms with Gasteiger partial charge in [0, 0.05) is 8.95 Å². The summed E-state index contributed by atoms with van der Waals surface area (Å²) in [5, 5.41) is 0. The Hall–Kier alpha value is -1.05. The zero-order chi connectivity index (χ0) is 14.9. The molecule has 0 amide bonds. The first-order valence-corrected chi connectivity index (χ1v) is 8.71. The van der Waals surface area contributed by atoms with Crippen LogP contribution in [0.2, 0.25) is 0 Å². The second-order valence-corrected chi connectivity index (χ2v) is 7.64. The molecule has 0 unspecified atom stereocenters. The summed E-state index contributed by atoms with van der Waals surface area (Å²) in [6.07, 6.45) is 0. The summed E-state index contributed by atoms with van der Waals surface area (Å²) in [5.74, 6) is 0. The number of aryl methyl sites for hydroxylation is 1. The standard InChI is InChI=1S/C13H12Br2N2O2S/c1-8-4-2-3-5-12(8)20(18,19)17-13-10(15)6-9(14)7-11(13)16/h2-7,17H,16H2,1H3. The van der Waals surface area contributed by atoms with Gasteiger partial charge >= 0.3 is 0 Å². The fourth-order valence-corrected chi connectivity index (χ4v) is 4.59. The molecule has 0 aromatic heterocycles. The predicted octanol–water partition coefficient (Wildman–Crippen LogP) is 3.90. The average molecular weight is 420 g/mol. The van der Waals surface area contributed by atoms with Gasteiger partial charge in [0.15, 0.2) is 0 Å². The lowest BCUT2D eigenvalue weighted by atomic mass is 10.2. The van der Waals surface area contributed by atoms with Crippen molar-refractivity contribution in [2.24, 2.45) is 0 Å². The Morgan fingerprint density at radius 2 is 1.80 bits per heavy atom. The van der Waals surface area contributed by atoms with Crippen LogP contribution < -0.4 is 10.5 Å². The molecule has 0 saturated heterocycles. The molecule has 0 heterocycles. The van der Waals surface area contributed by atoms with E-state index in [1.807, 2.05) is 0 Å². The number of sulfonamides is 1. The second-order valence-electron chi connectivity index (χ2n) is 4.22. The van der Waals surface area contributed by atoms with E-state index in [1.165, 1.54) is 0 Å². The maximum Gasteiger partial charge on any atom is 0.262 e. The molecule has 7 heteroatoms. The molecule has 0 aliphatic rings. The van der Waals surface area contributed by atoms with Crippen LogP contribution in [0.25, 0.3) is 0 Å². The second kappa shape index (κ2) is 5.75. The van der Waals surface area contributed by atoms with Gasteiger partial charge in [-0.3, -0.25) is 4.72 Å². The molecule has 2 rings (SSSR count). The van der Waals surface area contributed by atoms with Crippen molar-refractivity contribution in [3.63, 3.8) is 0 Å². The van der Waals surface area contributed by atoms with Gasteiger partial charge in [-0.2, -0.15) is 0 Å². The molecule has 0 radical (unpaired) electrons. The minimum atomic E-state index is -3.68. The molecule has 0 bridgehead atoms. The molecule has 0 atom stereocenters. The fourth-order valence-electron chi connectivity index (χ4n) is 1.75. The van der Waals surface area contributed by atoms with Crippen molar-refractivity contribution < 1.29 is 8.42 Å². The number of hydrogen-bond acceptors (Lipinski definition) is 3. The summed E-state index contributed by atoms with van der Waals surface area (Å²) in [4.78, 5) is 0.231. The molecule has 2 aromatic rings. The van der Waals surface area contributed by atoms with Crippen molar-refractivity contribution in [1.29, 1.82) is 0 Å². The van der Waals surface area contributed by atoms with E-state index in [2.05, 4.69) is 36.6 Å². The maximum atomic E-state index is 12.4. The van der Waals surface area contributed by atoms with Crippen molar-refractivity contribution in [1.82, 2.24) is 0 Å². The Bertz CT molecular complexity index is 738. The molecule has 0 fully saturated rings. The van der Waals surface area contributed by atoms with Gasteiger partial charge in [0.2, 0.25) is 0 Å². The third-order valence-corrected chi connectivity index (χ3v) is 5.30. The Morgan fingerprint density at radius 3 is 2.40 bits per heavy atom. The van der Waals surface area contributed by atoms with Gasteiger partial charge in [-0.25, -0.2) is 8.42 Å². The predicted molar refractivity (Wildman–Crippen MR) is 88.2 cm³/mol. The fraction of sp³-hybridized carbons (Fsp3) is 0.0769.